The van der Waals surface area contributed by atoms with E-state index in [1.807, 2.05) is 72.8 Å². The van der Waals surface area contributed by atoms with E-state index >= 15 is 0 Å². The van der Waals surface area contributed by atoms with Gasteiger partial charge in [-0.2, -0.15) is 0 Å². The van der Waals surface area contributed by atoms with Gasteiger partial charge in [-0.15, -0.1) is 0 Å². The maximum atomic E-state index is 13.1. The van der Waals surface area contributed by atoms with Gasteiger partial charge in [0, 0.05) is 0 Å². The Kier molecular flexibility index (Phi) is 6.29. The summed E-state index contributed by atoms with van der Waals surface area (Å²) < 4.78 is 29.0. The van der Waals surface area contributed by atoms with E-state index < -0.39 is 22.1 Å². The quantitative estimate of drug-likeness (QED) is 0.618. The van der Waals surface area contributed by atoms with Gasteiger partial charge < -0.3 is 5.73 Å². The van der Waals surface area contributed by atoms with Gasteiger partial charge in [-0.1, -0.05) is 86.6 Å². The van der Waals surface area contributed by atoms with Gasteiger partial charge in [-0.3, -0.25) is 0 Å². The molecule has 0 saturated carbocycles. The van der Waals surface area contributed by atoms with Crippen molar-refractivity contribution in [1.29, 1.82) is 0 Å². The molecule has 0 aliphatic carbocycles. The van der Waals surface area contributed by atoms with Crippen molar-refractivity contribution < 1.29 is 8.42 Å². The Hall–Kier alpha value is -2.47. The lowest BCUT2D eigenvalue weighted by molar-refractivity contribution is 0.504. The molecule has 3 rings (SSSR count). The molecule has 0 aliphatic heterocycles. The van der Waals surface area contributed by atoms with Crippen LogP contribution >= 0.6 is 0 Å². The van der Waals surface area contributed by atoms with Crippen molar-refractivity contribution in [3.63, 3.8) is 0 Å². The van der Waals surface area contributed by atoms with E-state index in [-0.39, 0.29) is 4.90 Å². The fraction of sp³-hybridized carbons (Fsp3) is 0.217. The first-order valence-corrected chi connectivity index (χ1v) is 10.8. The number of rotatable bonds is 7. The molecule has 28 heavy (non-hydrogen) atoms. The van der Waals surface area contributed by atoms with E-state index in [9.17, 15) is 8.42 Å². The van der Waals surface area contributed by atoms with Crippen molar-refractivity contribution in [2.75, 3.05) is 0 Å². The molecule has 2 atom stereocenters. The normalized spacial score (nSPS) is 14.0. The largest absolute Gasteiger partial charge is 0.322 e. The van der Waals surface area contributed by atoms with Crippen LogP contribution in [-0.4, -0.2) is 8.42 Å². The molecule has 0 heterocycles. The SMILES string of the molecule is CC(C)c1ccc(S(=O)(=O)NC(c2ccccc2)C(N)c2ccccc2)cc1. The zero-order valence-electron chi connectivity index (χ0n) is 16.1. The molecule has 3 aromatic carbocycles. The van der Waals surface area contributed by atoms with Crippen molar-refractivity contribution in [2.45, 2.75) is 36.7 Å². The zero-order chi connectivity index (χ0) is 20.1. The molecule has 0 saturated heterocycles. The molecule has 5 heteroatoms. The number of hydrogen-bond acceptors (Lipinski definition) is 3. The Morgan fingerprint density at radius 1 is 0.714 bits per heavy atom. The summed E-state index contributed by atoms with van der Waals surface area (Å²) in [6.45, 7) is 4.15. The van der Waals surface area contributed by atoms with Crippen LogP contribution in [0.15, 0.2) is 89.8 Å². The minimum absolute atomic E-state index is 0.234. The molecule has 0 fully saturated rings. The first-order valence-electron chi connectivity index (χ1n) is 9.36. The summed E-state index contributed by atoms with van der Waals surface area (Å²) in [5.41, 5.74) is 9.28. The van der Waals surface area contributed by atoms with Gasteiger partial charge in [0.2, 0.25) is 10.0 Å². The molecule has 4 nitrogen and oxygen atoms in total. The fourth-order valence-corrected chi connectivity index (χ4v) is 4.39. The van der Waals surface area contributed by atoms with Gasteiger partial charge in [0.25, 0.3) is 0 Å². The second kappa shape index (κ2) is 8.69. The number of nitrogens with one attached hydrogen (secondary N) is 1. The summed E-state index contributed by atoms with van der Waals surface area (Å²) in [6, 6.07) is 24.9. The van der Waals surface area contributed by atoms with E-state index in [0.717, 1.165) is 16.7 Å². The maximum Gasteiger partial charge on any atom is 0.241 e. The third kappa shape index (κ3) is 4.68. The highest BCUT2D eigenvalue weighted by atomic mass is 32.2. The predicted molar refractivity (Wildman–Crippen MR) is 113 cm³/mol. The fourth-order valence-electron chi connectivity index (χ4n) is 3.14. The van der Waals surface area contributed by atoms with E-state index in [2.05, 4.69) is 18.6 Å². The first-order chi connectivity index (χ1) is 13.4. The van der Waals surface area contributed by atoms with Crippen molar-refractivity contribution in [2.24, 2.45) is 5.73 Å². The van der Waals surface area contributed by atoms with Gasteiger partial charge in [0.1, 0.15) is 0 Å². The van der Waals surface area contributed by atoms with Crippen LogP contribution in [0.25, 0.3) is 0 Å². The van der Waals surface area contributed by atoms with Crippen LogP contribution in [0.3, 0.4) is 0 Å². The molecule has 0 radical (unpaired) electrons. The van der Waals surface area contributed by atoms with Crippen LogP contribution in [0.4, 0.5) is 0 Å². The molecule has 3 aromatic rings. The van der Waals surface area contributed by atoms with Crippen molar-refractivity contribution in [3.8, 4) is 0 Å². The molecule has 3 N–H and O–H groups in total. The van der Waals surface area contributed by atoms with Gasteiger partial charge in [-0.25, -0.2) is 13.1 Å². The second-order valence-corrected chi connectivity index (χ2v) is 8.88. The smallest absolute Gasteiger partial charge is 0.241 e. The topological polar surface area (TPSA) is 72.2 Å². The monoisotopic (exact) mass is 394 g/mol. The van der Waals surface area contributed by atoms with E-state index in [4.69, 9.17) is 5.73 Å². The highest BCUT2D eigenvalue weighted by Crippen LogP contribution is 2.29. The maximum absolute atomic E-state index is 13.1. The van der Waals surface area contributed by atoms with Crippen molar-refractivity contribution in [3.05, 3.63) is 102 Å². The minimum atomic E-state index is -3.73. The Morgan fingerprint density at radius 2 is 1.21 bits per heavy atom. The predicted octanol–water partition coefficient (Wildman–Crippen LogP) is 4.53. The van der Waals surface area contributed by atoms with Crippen LogP contribution in [0.1, 0.15) is 48.5 Å². The third-order valence-electron chi connectivity index (χ3n) is 4.84. The van der Waals surface area contributed by atoms with Crippen LogP contribution in [0.5, 0.6) is 0 Å². The summed E-state index contributed by atoms with van der Waals surface area (Å²) >= 11 is 0. The lowest BCUT2D eigenvalue weighted by Gasteiger charge is -2.26. The number of benzene rings is 3. The van der Waals surface area contributed by atoms with Crippen LogP contribution in [-0.2, 0) is 10.0 Å². The first kappa shape index (κ1) is 20.3. The lowest BCUT2D eigenvalue weighted by Crippen LogP contribution is -2.36. The average Bonchev–Trinajstić information content (AvgIpc) is 2.73. The number of nitrogens with two attached hydrogens (primary N) is 1. The van der Waals surface area contributed by atoms with Crippen molar-refractivity contribution >= 4 is 10.0 Å². The van der Waals surface area contributed by atoms with E-state index in [0.29, 0.717) is 5.92 Å². The summed E-state index contributed by atoms with van der Waals surface area (Å²) in [5.74, 6) is 0.341. The summed E-state index contributed by atoms with van der Waals surface area (Å²) in [4.78, 5) is 0.234. The van der Waals surface area contributed by atoms with Gasteiger partial charge >= 0.3 is 0 Å². The van der Waals surface area contributed by atoms with Gasteiger partial charge in [0.05, 0.1) is 17.0 Å². The van der Waals surface area contributed by atoms with Gasteiger partial charge in [0.15, 0.2) is 0 Å². The lowest BCUT2D eigenvalue weighted by atomic mass is 9.95. The molecular weight excluding hydrogens is 368 g/mol. The van der Waals surface area contributed by atoms with E-state index in [1.54, 1.807) is 12.1 Å². The Labute approximate surface area is 167 Å². The molecule has 0 bridgehead atoms. The highest BCUT2D eigenvalue weighted by Gasteiger charge is 2.27. The molecule has 0 aliphatic rings. The molecule has 0 aromatic heterocycles. The second-order valence-electron chi connectivity index (χ2n) is 7.17. The molecule has 146 valence electrons. The molecule has 0 amide bonds. The van der Waals surface area contributed by atoms with E-state index in [1.165, 1.54) is 0 Å². The van der Waals surface area contributed by atoms with Crippen LogP contribution in [0, 0.1) is 0 Å². The number of hydrogen-bond donors (Lipinski definition) is 2. The van der Waals surface area contributed by atoms with Crippen molar-refractivity contribution in [1.82, 2.24) is 4.72 Å². The minimum Gasteiger partial charge on any atom is -0.322 e. The molecule has 2 unspecified atom stereocenters. The summed E-state index contributed by atoms with van der Waals surface area (Å²) in [7, 11) is -3.73. The van der Waals surface area contributed by atoms with Gasteiger partial charge in [-0.05, 0) is 34.7 Å². The summed E-state index contributed by atoms with van der Waals surface area (Å²) in [5, 5.41) is 0. The zero-order valence-corrected chi connectivity index (χ0v) is 16.9. The Morgan fingerprint density at radius 3 is 1.71 bits per heavy atom. The average molecular weight is 395 g/mol. The van der Waals surface area contributed by atoms with Crippen LogP contribution < -0.4 is 10.5 Å². The molecular formula is C23H26N2O2S. The standard InChI is InChI=1S/C23H26N2O2S/c1-17(2)18-13-15-21(16-14-18)28(26,27)25-23(20-11-7-4-8-12-20)22(24)19-9-5-3-6-10-19/h3-17,22-23,25H,24H2,1-2H3. The molecule has 0 spiro atoms. The van der Waals surface area contributed by atoms with Crippen LogP contribution in [0.2, 0.25) is 0 Å². The Bertz CT molecular complexity index is 986. The number of sulfonamides is 1. The highest BCUT2D eigenvalue weighted by molar-refractivity contribution is 7.89. The Balaban J connectivity index is 1.94. The summed E-state index contributed by atoms with van der Waals surface area (Å²) in [6.07, 6.45) is 0. The third-order valence-corrected chi connectivity index (χ3v) is 6.30.